The molecule has 3 aromatic heterocycles. The Kier molecular flexibility index (Phi) is 7.97. The van der Waals surface area contributed by atoms with E-state index in [2.05, 4.69) is 20.7 Å². The first-order valence-corrected chi connectivity index (χ1v) is 13.9. The van der Waals surface area contributed by atoms with Crippen LogP contribution >= 0.6 is 34.5 Å². The summed E-state index contributed by atoms with van der Waals surface area (Å²) in [4.78, 5) is 31.1. The van der Waals surface area contributed by atoms with E-state index in [1.165, 1.54) is 34.9 Å². The van der Waals surface area contributed by atoms with Crippen molar-refractivity contribution in [2.75, 3.05) is 11.9 Å². The molecular weight excluding hydrogens is 545 g/mol. The summed E-state index contributed by atoms with van der Waals surface area (Å²) >= 11 is 14.2. The number of nitrogens with one attached hydrogen (secondary N) is 2. The molecule has 1 aliphatic rings. The van der Waals surface area contributed by atoms with Crippen LogP contribution in [-0.2, 0) is 0 Å². The molecule has 5 rings (SSSR count). The molecule has 0 unspecified atom stereocenters. The van der Waals surface area contributed by atoms with Crippen molar-refractivity contribution >= 4 is 52.0 Å². The van der Waals surface area contributed by atoms with Crippen LogP contribution in [0, 0.1) is 12.8 Å². The van der Waals surface area contributed by atoms with Crippen molar-refractivity contribution in [3.05, 3.63) is 80.2 Å². The molecule has 8 nitrogen and oxygen atoms in total. The Morgan fingerprint density at radius 2 is 1.97 bits per heavy atom. The lowest BCUT2D eigenvalue weighted by molar-refractivity contribution is 0.0948. The van der Waals surface area contributed by atoms with E-state index in [4.69, 9.17) is 27.9 Å². The molecule has 2 amide bonds. The SMILES string of the molecule is Cc1cc(Cl)cc(C(=O)NCC2CCCC2)c1NC(=O)c1cc(Oc2ccsc2)nn1-c1ncccc1Cl. The third-order valence-corrected chi connectivity index (χ3v) is 7.56. The molecule has 0 aliphatic heterocycles. The first kappa shape index (κ1) is 26.2. The highest BCUT2D eigenvalue weighted by Gasteiger charge is 2.24. The topological polar surface area (TPSA) is 98.1 Å². The number of benzene rings is 1. The minimum absolute atomic E-state index is 0.127. The van der Waals surface area contributed by atoms with E-state index in [1.54, 1.807) is 43.5 Å². The van der Waals surface area contributed by atoms with Gasteiger partial charge in [0.1, 0.15) is 11.4 Å². The van der Waals surface area contributed by atoms with E-state index in [-0.39, 0.29) is 28.9 Å². The van der Waals surface area contributed by atoms with E-state index in [9.17, 15) is 9.59 Å². The zero-order valence-corrected chi connectivity index (χ0v) is 22.9. The maximum Gasteiger partial charge on any atom is 0.274 e. The summed E-state index contributed by atoms with van der Waals surface area (Å²) in [6, 6.07) is 9.90. The van der Waals surface area contributed by atoms with Crippen LogP contribution in [0.3, 0.4) is 0 Å². The van der Waals surface area contributed by atoms with Crippen molar-refractivity contribution in [1.29, 1.82) is 0 Å². The van der Waals surface area contributed by atoms with Crippen LogP contribution in [0.15, 0.2) is 53.4 Å². The van der Waals surface area contributed by atoms with Crippen molar-refractivity contribution in [3.8, 4) is 17.4 Å². The second kappa shape index (κ2) is 11.6. The summed E-state index contributed by atoms with van der Waals surface area (Å²) in [5.41, 5.74) is 1.43. The van der Waals surface area contributed by atoms with Gasteiger partial charge in [-0.3, -0.25) is 9.59 Å². The van der Waals surface area contributed by atoms with Gasteiger partial charge in [-0.1, -0.05) is 36.0 Å². The highest BCUT2D eigenvalue weighted by Crippen LogP contribution is 2.30. The summed E-state index contributed by atoms with van der Waals surface area (Å²) in [5.74, 6) is 0.708. The number of anilines is 1. The molecule has 2 N–H and O–H groups in total. The molecule has 4 aromatic rings. The standard InChI is InChI=1S/C27H25Cl2N5O3S/c1-16-11-18(28)12-20(26(35)31-14-17-5-2-3-6-17)24(16)32-27(36)22-13-23(37-19-8-10-38-15-19)33-34(22)25-21(29)7-4-9-30-25/h4,7-13,15,17H,2-3,5-6,14H2,1H3,(H,31,35)(H,32,36). The summed E-state index contributed by atoms with van der Waals surface area (Å²) in [6.45, 7) is 2.37. The smallest absolute Gasteiger partial charge is 0.274 e. The minimum atomic E-state index is -0.519. The number of carbonyl (C=O) groups is 2. The van der Waals surface area contributed by atoms with Crippen LogP contribution in [0.2, 0.25) is 10.0 Å². The number of thiophene rings is 1. The summed E-state index contributed by atoms with van der Waals surface area (Å²) in [7, 11) is 0. The van der Waals surface area contributed by atoms with Gasteiger partial charge in [0.05, 0.1) is 16.3 Å². The summed E-state index contributed by atoms with van der Waals surface area (Å²) in [5, 5.41) is 14.7. The number of ether oxygens (including phenoxy) is 1. The summed E-state index contributed by atoms with van der Waals surface area (Å²) in [6.07, 6.45) is 6.14. The molecule has 3 heterocycles. The number of pyridine rings is 1. The zero-order valence-electron chi connectivity index (χ0n) is 20.5. The van der Waals surface area contributed by atoms with E-state index >= 15 is 0 Å². The molecular formula is C27H25Cl2N5O3S. The number of nitrogens with zero attached hydrogens (tertiary/aromatic N) is 3. The monoisotopic (exact) mass is 569 g/mol. The number of aromatic nitrogens is 3. The lowest BCUT2D eigenvalue weighted by Crippen LogP contribution is -2.30. The predicted octanol–water partition coefficient (Wildman–Crippen LogP) is 6.91. The lowest BCUT2D eigenvalue weighted by Gasteiger charge is -2.16. The number of carbonyl (C=O) groups excluding carboxylic acids is 2. The van der Waals surface area contributed by atoms with Crippen LogP contribution < -0.4 is 15.4 Å². The lowest BCUT2D eigenvalue weighted by atomic mass is 10.1. The molecule has 0 spiro atoms. The number of halogens is 2. The minimum Gasteiger partial charge on any atom is -0.437 e. The van der Waals surface area contributed by atoms with Gasteiger partial charge in [-0.25, -0.2) is 9.67 Å². The Bertz CT molecular complexity index is 1470. The van der Waals surface area contributed by atoms with Crippen LogP contribution in [0.1, 0.15) is 52.1 Å². The Labute approximate surface area is 233 Å². The fourth-order valence-electron chi connectivity index (χ4n) is 4.51. The number of amides is 2. The number of rotatable bonds is 8. The largest absolute Gasteiger partial charge is 0.437 e. The van der Waals surface area contributed by atoms with Gasteiger partial charge in [0.25, 0.3) is 11.8 Å². The Morgan fingerprint density at radius 3 is 2.71 bits per heavy atom. The maximum atomic E-state index is 13.7. The van der Waals surface area contributed by atoms with Crippen LogP contribution in [0.5, 0.6) is 11.6 Å². The molecule has 0 atom stereocenters. The highest BCUT2D eigenvalue weighted by atomic mass is 35.5. The molecule has 0 bridgehead atoms. The molecule has 0 radical (unpaired) electrons. The van der Waals surface area contributed by atoms with E-state index in [1.807, 2.05) is 10.8 Å². The number of aryl methyl sites for hydroxylation is 1. The van der Waals surface area contributed by atoms with Gasteiger partial charge in [0, 0.05) is 29.2 Å². The van der Waals surface area contributed by atoms with Crippen LogP contribution in [0.25, 0.3) is 5.82 Å². The molecule has 11 heteroatoms. The third-order valence-electron chi connectivity index (χ3n) is 6.39. The van der Waals surface area contributed by atoms with Gasteiger partial charge < -0.3 is 15.4 Å². The molecule has 196 valence electrons. The molecule has 0 saturated heterocycles. The predicted molar refractivity (Wildman–Crippen MR) is 149 cm³/mol. The highest BCUT2D eigenvalue weighted by molar-refractivity contribution is 7.08. The fraction of sp³-hybridized carbons (Fsp3) is 0.259. The van der Waals surface area contributed by atoms with Crippen molar-refractivity contribution in [2.24, 2.45) is 5.92 Å². The Hall–Kier alpha value is -3.40. The van der Waals surface area contributed by atoms with Crippen LogP contribution in [-0.4, -0.2) is 33.1 Å². The van der Waals surface area contributed by atoms with Gasteiger partial charge >= 0.3 is 0 Å². The average Bonchev–Trinajstić information content (AvgIpc) is 3.67. The Balaban J connectivity index is 1.46. The van der Waals surface area contributed by atoms with Crippen molar-refractivity contribution in [2.45, 2.75) is 32.6 Å². The molecule has 38 heavy (non-hydrogen) atoms. The van der Waals surface area contributed by atoms with E-state index in [0.717, 1.165) is 12.8 Å². The second-order valence-corrected chi connectivity index (χ2v) is 10.7. The molecule has 1 saturated carbocycles. The second-order valence-electron chi connectivity index (χ2n) is 9.11. The maximum absolute atomic E-state index is 13.7. The molecule has 1 fully saturated rings. The van der Waals surface area contributed by atoms with Crippen molar-refractivity contribution in [3.63, 3.8) is 0 Å². The van der Waals surface area contributed by atoms with Gasteiger partial charge in [0.15, 0.2) is 5.82 Å². The third kappa shape index (κ3) is 5.85. The van der Waals surface area contributed by atoms with Crippen molar-refractivity contribution < 1.29 is 14.3 Å². The fourth-order valence-corrected chi connectivity index (χ4v) is 5.54. The van der Waals surface area contributed by atoms with Crippen molar-refractivity contribution in [1.82, 2.24) is 20.1 Å². The number of hydrogen-bond acceptors (Lipinski definition) is 6. The Morgan fingerprint density at radius 1 is 1.16 bits per heavy atom. The average molecular weight is 571 g/mol. The van der Waals surface area contributed by atoms with Crippen LogP contribution in [0.4, 0.5) is 5.69 Å². The zero-order chi connectivity index (χ0) is 26.6. The summed E-state index contributed by atoms with van der Waals surface area (Å²) < 4.78 is 7.15. The van der Waals surface area contributed by atoms with Gasteiger partial charge in [0.2, 0.25) is 5.88 Å². The van der Waals surface area contributed by atoms with E-state index < -0.39 is 5.91 Å². The quantitative estimate of drug-likeness (QED) is 0.240. The first-order chi connectivity index (χ1) is 18.4. The number of hydrogen-bond donors (Lipinski definition) is 2. The van der Waals surface area contributed by atoms with Gasteiger partial charge in [-0.15, -0.1) is 16.4 Å². The van der Waals surface area contributed by atoms with Gasteiger partial charge in [-0.05, 0) is 67.0 Å². The molecule has 1 aliphatic carbocycles. The van der Waals surface area contributed by atoms with E-state index in [0.29, 0.717) is 39.5 Å². The first-order valence-electron chi connectivity index (χ1n) is 12.2. The normalized spacial score (nSPS) is 13.4. The molecule has 1 aromatic carbocycles. The van der Waals surface area contributed by atoms with Gasteiger partial charge in [-0.2, -0.15) is 0 Å².